The van der Waals surface area contributed by atoms with Crippen molar-refractivity contribution in [1.82, 2.24) is 0 Å². The van der Waals surface area contributed by atoms with E-state index in [-0.39, 0.29) is 0 Å². The van der Waals surface area contributed by atoms with Crippen molar-refractivity contribution in [3.63, 3.8) is 0 Å². The highest BCUT2D eigenvalue weighted by molar-refractivity contribution is 5.68. The van der Waals surface area contributed by atoms with Gasteiger partial charge in [-0.2, -0.15) is 5.26 Å². The van der Waals surface area contributed by atoms with E-state index in [1.54, 1.807) is 6.07 Å². The van der Waals surface area contributed by atoms with Gasteiger partial charge in [-0.15, -0.1) is 0 Å². The molecule has 0 atom stereocenters. The number of hydrogen-bond donors (Lipinski definition) is 2. The smallest absolute Gasteiger partial charge is 0.0992 e. The average Bonchev–Trinajstić information content (AvgIpc) is 2.60. The van der Waals surface area contributed by atoms with Crippen molar-refractivity contribution in [2.75, 3.05) is 11.1 Å². The lowest BCUT2D eigenvalue weighted by Gasteiger charge is -2.19. The zero-order valence-electron chi connectivity index (χ0n) is 10.1. The number of nitrogens with two attached hydrogens (primary N) is 1. The largest absolute Gasteiger partial charge is 0.397 e. The van der Waals surface area contributed by atoms with Crippen molar-refractivity contribution in [2.45, 2.75) is 44.6 Å². The highest BCUT2D eigenvalue weighted by atomic mass is 14.9. The van der Waals surface area contributed by atoms with E-state index in [4.69, 9.17) is 11.0 Å². The Hall–Kier alpha value is -1.69. The van der Waals surface area contributed by atoms with Crippen LogP contribution < -0.4 is 11.1 Å². The van der Waals surface area contributed by atoms with Gasteiger partial charge in [-0.1, -0.05) is 25.7 Å². The topological polar surface area (TPSA) is 61.8 Å². The number of rotatable bonds is 2. The predicted octanol–water partition coefficient (Wildman–Crippen LogP) is 3.28. The van der Waals surface area contributed by atoms with Gasteiger partial charge in [0.05, 0.1) is 23.0 Å². The van der Waals surface area contributed by atoms with Crippen molar-refractivity contribution in [2.24, 2.45) is 0 Å². The summed E-state index contributed by atoms with van der Waals surface area (Å²) in [6.45, 7) is 0. The van der Waals surface area contributed by atoms with Gasteiger partial charge < -0.3 is 11.1 Å². The van der Waals surface area contributed by atoms with E-state index in [1.807, 2.05) is 12.1 Å². The van der Waals surface area contributed by atoms with Crippen LogP contribution in [0.25, 0.3) is 0 Å². The molecule has 1 saturated carbocycles. The molecule has 90 valence electrons. The average molecular weight is 229 g/mol. The molecule has 0 saturated heterocycles. The fourth-order valence-electron chi connectivity index (χ4n) is 2.41. The Balaban J connectivity index is 2.05. The van der Waals surface area contributed by atoms with E-state index in [1.165, 1.54) is 38.5 Å². The molecule has 0 unspecified atom stereocenters. The summed E-state index contributed by atoms with van der Waals surface area (Å²) in [7, 11) is 0. The Morgan fingerprint density at radius 1 is 1.18 bits per heavy atom. The highest BCUT2D eigenvalue weighted by Crippen LogP contribution is 2.25. The number of nitriles is 1. The molecule has 1 fully saturated rings. The Bertz CT molecular complexity index is 412. The quantitative estimate of drug-likeness (QED) is 0.604. The van der Waals surface area contributed by atoms with Crippen LogP contribution in [0.4, 0.5) is 11.4 Å². The normalized spacial score (nSPS) is 17.1. The van der Waals surface area contributed by atoms with E-state index in [0.717, 1.165) is 5.69 Å². The monoisotopic (exact) mass is 229 g/mol. The van der Waals surface area contributed by atoms with Gasteiger partial charge in [0.2, 0.25) is 0 Å². The van der Waals surface area contributed by atoms with Gasteiger partial charge in [-0.05, 0) is 31.0 Å². The van der Waals surface area contributed by atoms with Crippen LogP contribution in [-0.4, -0.2) is 6.04 Å². The van der Waals surface area contributed by atoms with E-state index in [0.29, 0.717) is 17.3 Å². The van der Waals surface area contributed by atoms with Crippen LogP contribution in [0.5, 0.6) is 0 Å². The Kier molecular flexibility index (Phi) is 3.87. The summed E-state index contributed by atoms with van der Waals surface area (Å²) in [6, 6.07) is 8.10. The van der Waals surface area contributed by atoms with Crippen molar-refractivity contribution < 1.29 is 0 Å². The maximum atomic E-state index is 8.79. The number of hydrogen-bond acceptors (Lipinski definition) is 3. The van der Waals surface area contributed by atoms with Crippen LogP contribution in [-0.2, 0) is 0 Å². The molecule has 0 aromatic heterocycles. The van der Waals surface area contributed by atoms with Crippen LogP contribution in [0, 0.1) is 11.3 Å². The Morgan fingerprint density at radius 3 is 2.47 bits per heavy atom. The van der Waals surface area contributed by atoms with Gasteiger partial charge in [0.25, 0.3) is 0 Å². The van der Waals surface area contributed by atoms with Crippen LogP contribution in [0.3, 0.4) is 0 Å². The molecule has 0 bridgehead atoms. The lowest BCUT2D eigenvalue weighted by molar-refractivity contribution is 0.620. The molecule has 0 spiro atoms. The summed E-state index contributed by atoms with van der Waals surface area (Å²) in [5.41, 5.74) is 8.20. The lowest BCUT2D eigenvalue weighted by atomic mass is 10.1. The van der Waals surface area contributed by atoms with E-state index >= 15 is 0 Å². The number of nitrogen functional groups attached to an aromatic ring is 1. The Morgan fingerprint density at radius 2 is 1.88 bits per heavy atom. The summed E-state index contributed by atoms with van der Waals surface area (Å²) in [5.74, 6) is 0. The molecule has 0 radical (unpaired) electrons. The molecule has 0 aliphatic heterocycles. The van der Waals surface area contributed by atoms with Gasteiger partial charge >= 0.3 is 0 Å². The molecule has 1 aromatic rings. The molecule has 17 heavy (non-hydrogen) atoms. The predicted molar refractivity (Wildman–Crippen MR) is 70.7 cm³/mol. The van der Waals surface area contributed by atoms with Crippen molar-refractivity contribution >= 4 is 11.4 Å². The maximum absolute atomic E-state index is 8.79. The van der Waals surface area contributed by atoms with Gasteiger partial charge in [-0.3, -0.25) is 0 Å². The zero-order valence-corrected chi connectivity index (χ0v) is 10.1. The SMILES string of the molecule is N#Cc1ccc(NC2CCCCCC2)c(N)c1. The summed E-state index contributed by atoms with van der Waals surface area (Å²) >= 11 is 0. The van der Waals surface area contributed by atoms with Gasteiger partial charge in [0.1, 0.15) is 0 Å². The third kappa shape index (κ3) is 3.13. The minimum absolute atomic E-state index is 0.535. The molecule has 3 heteroatoms. The van der Waals surface area contributed by atoms with Crippen molar-refractivity contribution in [3.8, 4) is 6.07 Å². The van der Waals surface area contributed by atoms with Gasteiger partial charge in [-0.25, -0.2) is 0 Å². The van der Waals surface area contributed by atoms with Crippen LogP contribution in [0.2, 0.25) is 0 Å². The number of nitrogens with zero attached hydrogens (tertiary/aromatic N) is 1. The molecule has 1 aliphatic rings. The van der Waals surface area contributed by atoms with Crippen LogP contribution in [0.15, 0.2) is 18.2 Å². The molecule has 3 N–H and O–H groups in total. The maximum Gasteiger partial charge on any atom is 0.0992 e. The number of benzene rings is 1. The highest BCUT2D eigenvalue weighted by Gasteiger charge is 2.12. The third-order valence-corrected chi connectivity index (χ3v) is 3.40. The first-order valence-corrected chi connectivity index (χ1v) is 6.36. The summed E-state index contributed by atoms with van der Waals surface area (Å²) < 4.78 is 0. The number of anilines is 2. The van der Waals surface area contributed by atoms with E-state index in [2.05, 4.69) is 11.4 Å². The number of nitrogens with one attached hydrogen (secondary N) is 1. The third-order valence-electron chi connectivity index (χ3n) is 3.40. The lowest BCUT2D eigenvalue weighted by Crippen LogP contribution is -2.19. The fourth-order valence-corrected chi connectivity index (χ4v) is 2.41. The standard InChI is InChI=1S/C14H19N3/c15-10-11-7-8-14(13(16)9-11)17-12-5-3-1-2-4-6-12/h7-9,12,17H,1-6,16H2. The molecule has 1 aromatic carbocycles. The van der Waals surface area contributed by atoms with Gasteiger partial charge in [0, 0.05) is 6.04 Å². The first-order chi connectivity index (χ1) is 8.29. The van der Waals surface area contributed by atoms with Crippen LogP contribution in [0.1, 0.15) is 44.1 Å². The molecule has 1 aliphatic carbocycles. The molecule has 0 heterocycles. The van der Waals surface area contributed by atoms with Crippen molar-refractivity contribution in [3.05, 3.63) is 23.8 Å². The molecule has 0 amide bonds. The minimum atomic E-state index is 0.535. The fraction of sp³-hybridized carbons (Fsp3) is 0.500. The molecular weight excluding hydrogens is 210 g/mol. The van der Waals surface area contributed by atoms with E-state index < -0.39 is 0 Å². The zero-order chi connectivity index (χ0) is 12.1. The van der Waals surface area contributed by atoms with Crippen molar-refractivity contribution in [1.29, 1.82) is 5.26 Å². The van der Waals surface area contributed by atoms with Gasteiger partial charge in [0.15, 0.2) is 0 Å². The second kappa shape index (κ2) is 5.58. The first-order valence-electron chi connectivity index (χ1n) is 6.36. The molecule has 3 nitrogen and oxygen atoms in total. The van der Waals surface area contributed by atoms with Crippen LogP contribution >= 0.6 is 0 Å². The summed E-state index contributed by atoms with van der Waals surface area (Å²) in [6.07, 6.45) is 7.74. The second-order valence-corrected chi connectivity index (χ2v) is 4.75. The first kappa shape index (κ1) is 11.8. The van der Waals surface area contributed by atoms with E-state index in [9.17, 15) is 0 Å². The minimum Gasteiger partial charge on any atom is -0.397 e. The molecule has 2 rings (SSSR count). The second-order valence-electron chi connectivity index (χ2n) is 4.75. The summed E-state index contributed by atoms with van der Waals surface area (Å²) in [4.78, 5) is 0. The molecular formula is C14H19N3. The Labute approximate surface area is 103 Å². The summed E-state index contributed by atoms with van der Waals surface area (Å²) in [5, 5.41) is 12.3.